The molecule has 156 valence electrons. The molecule has 8 heteroatoms. The third-order valence-corrected chi connectivity index (χ3v) is 5.44. The van der Waals surface area contributed by atoms with E-state index in [-0.39, 0.29) is 5.91 Å². The molecule has 30 heavy (non-hydrogen) atoms. The number of thiazole rings is 1. The summed E-state index contributed by atoms with van der Waals surface area (Å²) in [4.78, 5) is 16.9. The molecule has 1 aliphatic heterocycles. The molecular formula is C22H22N2O5S. The number of hydrogen-bond acceptors (Lipinski definition) is 7. The van der Waals surface area contributed by atoms with Crippen LogP contribution in [0.15, 0.2) is 41.8 Å². The molecule has 1 N–H and O–H groups in total. The van der Waals surface area contributed by atoms with E-state index in [1.165, 1.54) is 11.3 Å². The van der Waals surface area contributed by atoms with E-state index >= 15 is 0 Å². The molecule has 0 bridgehead atoms. The van der Waals surface area contributed by atoms with Crippen molar-refractivity contribution in [2.75, 3.05) is 32.8 Å². The fourth-order valence-corrected chi connectivity index (χ4v) is 3.87. The van der Waals surface area contributed by atoms with E-state index in [2.05, 4.69) is 10.3 Å². The summed E-state index contributed by atoms with van der Waals surface area (Å²) in [6.07, 6.45) is 0.952. The van der Waals surface area contributed by atoms with Gasteiger partial charge in [0.2, 0.25) is 5.91 Å². The van der Waals surface area contributed by atoms with Gasteiger partial charge in [0.15, 0.2) is 16.6 Å². The van der Waals surface area contributed by atoms with Crippen molar-refractivity contribution in [2.45, 2.75) is 12.8 Å². The molecule has 0 spiro atoms. The predicted octanol–water partition coefficient (Wildman–Crippen LogP) is 4.17. The number of rotatable bonds is 7. The van der Waals surface area contributed by atoms with Gasteiger partial charge in [0, 0.05) is 23.4 Å². The standard InChI is InChI=1S/C22H22N2O5S/c1-26-15-5-6-16(19(12-15)27-2)17-13-30-22(23-17)24-21(25)8-4-14-3-7-18-20(11-14)29-10-9-28-18/h3,5-7,11-13H,4,8-10H2,1-2H3,(H,23,24,25). The first-order valence-corrected chi connectivity index (χ1v) is 10.4. The highest BCUT2D eigenvalue weighted by atomic mass is 32.1. The van der Waals surface area contributed by atoms with Crippen LogP contribution in [0.3, 0.4) is 0 Å². The molecular weight excluding hydrogens is 404 g/mol. The molecule has 0 aliphatic carbocycles. The molecule has 2 heterocycles. The van der Waals surface area contributed by atoms with Gasteiger partial charge in [-0.2, -0.15) is 0 Å². The average Bonchev–Trinajstić information content (AvgIpc) is 3.25. The number of aryl methyl sites for hydroxylation is 1. The minimum atomic E-state index is -0.0903. The lowest BCUT2D eigenvalue weighted by Crippen LogP contribution is -2.15. The smallest absolute Gasteiger partial charge is 0.226 e. The second-order valence-corrected chi connectivity index (χ2v) is 7.49. The van der Waals surface area contributed by atoms with Crippen molar-refractivity contribution in [2.24, 2.45) is 0 Å². The molecule has 4 rings (SSSR count). The summed E-state index contributed by atoms with van der Waals surface area (Å²) in [6, 6.07) is 11.3. The number of nitrogens with one attached hydrogen (secondary N) is 1. The number of nitrogens with zero attached hydrogens (tertiary/aromatic N) is 1. The maximum atomic E-state index is 12.4. The van der Waals surface area contributed by atoms with Gasteiger partial charge in [0.25, 0.3) is 0 Å². The molecule has 1 aromatic heterocycles. The molecule has 1 aliphatic rings. The fraction of sp³-hybridized carbons (Fsp3) is 0.273. The van der Waals surface area contributed by atoms with Gasteiger partial charge in [-0.15, -0.1) is 11.3 Å². The Morgan fingerprint density at radius 2 is 1.93 bits per heavy atom. The second kappa shape index (κ2) is 9.04. The highest BCUT2D eigenvalue weighted by molar-refractivity contribution is 7.14. The van der Waals surface area contributed by atoms with E-state index in [9.17, 15) is 4.79 Å². The van der Waals surface area contributed by atoms with Gasteiger partial charge < -0.3 is 24.3 Å². The lowest BCUT2D eigenvalue weighted by atomic mass is 10.1. The number of carbonyl (C=O) groups excluding carboxylic acids is 1. The van der Waals surface area contributed by atoms with E-state index in [4.69, 9.17) is 18.9 Å². The van der Waals surface area contributed by atoms with E-state index in [1.807, 2.05) is 35.7 Å². The second-order valence-electron chi connectivity index (χ2n) is 6.63. The highest BCUT2D eigenvalue weighted by Crippen LogP contribution is 2.35. The number of amides is 1. The van der Waals surface area contributed by atoms with Gasteiger partial charge in [0.05, 0.1) is 19.9 Å². The molecule has 0 saturated carbocycles. The quantitative estimate of drug-likeness (QED) is 0.611. The molecule has 0 unspecified atom stereocenters. The third-order valence-electron chi connectivity index (χ3n) is 4.68. The van der Waals surface area contributed by atoms with Crippen molar-refractivity contribution in [3.05, 3.63) is 47.3 Å². The first-order valence-electron chi connectivity index (χ1n) is 9.52. The molecule has 7 nitrogen and oxygen atoms in total. The molecule has 2 aromatic carbocycles. The maximum Gasteiger partial charge on any atom is 0.226 e. The number of benzene rings is 2. The zero-order chi connectivity index (χ0) is 20.9. The Morgan fingerprint density at radius 1 is 1.10 bits per heavy atom. The molecule has 0 radical (unpaired) electrons. The monoisotopic (exact) mass is 426 g/mol. The van der Waals surface area contributed by atoms with Gasteiger partial charge in [-0.1, -0.05) is 6.07 Å². The maximum absolute atomic E-state index is 12.4. The average molecular weight is 426 g/mol. The van der Waals surface area contributed by atoms with Crippen LogP contribution in [0.4, 0.5) is 5.13 Å². The van der Waals surface area contributed by atoms with E-state index in [0.29, 0.717) is 42.7 Å². The minimum Gasteiger partial charge on any atom is -0.497 e. The Labute approximate surface area is 178 Å². The van der Waals surface area contributed by atoms with Crippen molar-refractivity contribution in [1.29, 1.82) is 0 Å². The van der Waals surface area contributed by atoms with Gasteiger partial charge in [-0.05, 0) is 36.2 Å². The Kier molecular flexibility index (Phi) is 6.04. The van der Waals surface area contributed by atoms with E-state index in [0.717, 1.165) is 28.3 Å². The van der Waals surface area contributed by atoms with Crippen molar-refractivity contribution in [1.82, 2.24) is 4.98 Å². The summed E-state index contributed by atoms with van der Waals surface area (Å²) < 4.78 is 21.8. The first-order chi connectivity index (χ1) is 14.7. The van der Waals surface area contributed by atoms with Crippen LogP contribution in [0.5, 0.6) is 23.0 Å². The topological polar surface area (TPSA) is 78.9 Å². The number of methoxy groups -OCH3 is 2. The summed E-state index contributed by atoms with van der Waals surface area (Å²) in [5, 5.41) is 5.31. The number of carbonyl (C=O) groups is 1. The third kappa shape index (κ3) is 4.49. The largest absolute Gasteiger partial charge is 0.497 e. The van der Waals surface area contributed by atoms with E-state index in [1.54, 1.807) is 20.3 Å². The van der Waals surface area contributed by atoms with Crippen LogP contribution in [0.25, 0.3) is 11.3 Å². The minimum absolute atomic E-state index is 0.0903. The number of ether oxygens (including phenoxy) is 4. The van der Waals surface area contributed by atoms with Gasteiger partial charge in [-0.25, -0.2) is 4.98 Å². The lowest BCUT2D eigenvalue weighted by molar-refractivity contribution is -0.116. The highest BCUT2D eigenvalue weighted by Gasteiger charge is 2.14. The van der Waals surface area contributed by atoms with Crippen molar-refractivity contribution in [3.8, 4) is 34.3 Å². The summed E-state index contributed by atoms with van der Waals surface area (Å²) in [7, 11) is 3.21. The fourth-order valence-electron chi connectivity index (χ4n) is 3.15. The molecule has 0 saturated heterocycles. The predicted molar refractivity (Wildman–Crippen MR) is 115 cm³/mol. The zero-order valence-corrected chi connectivity index (χ0v) is 17.6. The van der Waals surface area contributed by atoms with Crippen LogP contribution in [0.1, 0.15) is 12.0 Å². The summed E-state index contributed by atoms with van der Waals surface area (Å²) in [5.41, 5.74) is 2.60. The lowest BCUT2D eigenvalue weighted by Gasteiger charge is -2.18. The Balaban J connectivity index is 1.37. The Bertz CT molecular complexity index is 1050. The molecule has 3 aromatic rings. The summed E-state index contributed by atoms with van der Waals surface area (Å²) in [6.45, 7) is 1.11. The van der Waals surface area contributed by atoms with Crippen molar-refractivity contribution >= 4 is 22.4 Å². The van der Waals surface area contributed by atoms with Crippen LogP contribution in [0, 0.1) is 0 Å². The molecule has 1 amide bonds. The van der Waals surface area contributed by atoms with Crippen LogP contribution >= 0.6 is 11.3 Å². The first kappa shape index (κ1) is 20.0. The summed E-state index contributed by atoms with van der Waals surface area (Å²) >= 11 is 1.38. The number of aromatic nitrogens is 1. The van der Waals surface area contributed by atoms with Gasteiger partial charge in [-0.3, -0.25) is 4.79 Å². The summed E-state index contributed by atoms with van der Waals surface area (Å²) in [5.74, 6) is 2.76. The van der Waals surface area contributed by atoms with E-state index < -0.39 is 0 Å². The SMILES string of the molecule is COc1ccc(-c2csc(NC(=O)CCc3ccc4c(c3)OCCO4)n2)c(OC)c1. The molecule has 0 fully saturated rings. The van der Waals surface area contributed by atoms with Crippen molar-refractivity contribution in [3.63, 3.8) is 0 Å². The van der Waals surface area contributed by atoms with Crippen molar-refractivity contribution < 1.29 is 23.7 Å². The van der Waals surface area contributed by atoms with Crippen LogP contribution in [0.2, 0.25) is 0 Å². The van der Waals surface area contributed by atoms with Gasteiger partial charge >= 0.3 is 0 Å². The molecule has 0 atom stereocenters. The Morgan fingerprint density at radius 3 is 2.73 bits per heavy atom. The van der Waals surface area contributed by atoms with Crippen LogP contribution in [-0.2, 0) is 11.2 Å². The van der Waals surface area contributed by atoms with Gasteiger partial charge in [0.1, 0.15) is 24.7 Å². The van der Waals surface area contributed by atoms with Crippen LogP contribution in [-0.4, -0.2) is 38.3 Å². The number of hydrogen-bond donors (Lipinski definition) is 1. The van der Waals surface area contributed by atoms with Crippen LogP contribution < -0.4 is 24.3 Å². The zero-order valence-electron chi connectivity index (χ0n) is 16.8. The Hall–Kier alpha value is -3.26. The normalized spacial score (nSPS) is 12.3. The number of fused-ring (bicyclic) bond motifs is 1. The number of anilines is 1.